The average Bonchev–Trinajstić information content (AvgIpc) is 3.27. The molecule has 3 aliphatic rings. The van der Waals surface area contributed by atoms with E-state index >= 15 is 0 Å². The Bertz CT molecular complexity index is 653. The topological polar surface area (TPSA) is 58.1 Å². The van der Waals surface area contributed by atoms with Gasteiger partial charge in [0.05, 0.1) is 5.69 Å². The Labute approximate surface area is 148 Å². The first kappa shape index (κ1) is 16.1. The van der Waals surface area contributed by atoms with Crippen molar-refractivity contribution in [3.8, 4) is 0 Å². The molecule has 0 spiro atoms. The van der Waals surface area contributed by atoms with Crippen LogP contribution in [0.3, 0.4) is 0 Å². The van der Waals surface area contributed by atoms with Crippen molar-refractivity contribution in [3.63, 3.8) is 0 Å². The van der Waals surface area contributed by atoms with E-state index in [4.69, 9.17) is 11.6 Å². The molecule has 0 aromatic carbocycles. The molecular weight excluding hydrogens is 324 g/mol. The third-order valence-corrected chi connectivity index (χ3v) is 6.10. The van der Waals surface area contributed by atoms with E-state index in [-0.39, 0.29) is 5.91 Å². The molecule has 130 valence electrons. The van der Waals surface area contributed by atoms with Crippen LogP contribution in [0.25, 0.3) is 0 Å². The molecular formula is C18H25ClN4O. The Morgan fingerprint density at radius 2 is 1.92 bits per heavy atom. The van der Waals surface area contributed by atoms with Crippen LogP contribution in [0.15, 0.2) is 0 Å². The lowest BCUT2D eigenvalue weighted by atomic mass is 9.95. The number of hydrogen-bond donors (Lipinski definition) is 1. The number of halogens is 1. The number of rotatable bonds is 4. The quantitative estimate of drug-likeness (QED) is 0.850. The number of hydrogen-bond acceptors (Lipinski definition) is 4. The summed E-state index contributed by atoms with van der Waals surface area (Å²) in [7, 11) is 1.99. The number of carbonyl (C=O) groups is 1. The summed E-state index contributed by atoms with van der Waals surface area (Å²) in [5.74, 6) is 1.03. The summed E-state index contributed by atoms with van der Waals surface area (Å²) in [6, 6.07) is 0.344. The molecule has 5 nitrogen and oxygen atoms in total. The number of fused-ring (bicyclic) bond motifs is 1. The van der Waals surface area contributed by atoms with Gasteiger partial charge in [-0.1, -0.05) is 19.3 Å². The Hall–Kier alpha value is -1.36. The summed E-state index contributed by atoms with van der Waals surface area (Å²) in [5, 5.41) is 3.59. The molecule has 0 unspecified atom stereocenters. The Kier molecular flexibility index (Phi) is 4.15. The van der Waals surface area contributed by atoms with Gasteiger partial charge < -0.3 is 10.2 Å². The molecule has 2 saturated carbocycles. The van der Waals surface area contributed by atoms with Gasteiger partial charge in [0.2, 0.25) is 11.2 Å². The Balaban J connectivity index is 1.55. The second-order valence-corrected chi connectivity index (χ2v) is 7.83. The van der Waals surface area contributed by atoms with Crippen LogP contribution in [0, 0.1) is 0 Å². The first-order valence-electron chi connectivity index (χ1n) is 9.20. The maximum absolute atomic E-state index is 13.0. The van der Waals surface area contributed by atoms with Crippen LogP contribution >= 0.6 is 11.6 Å². The number of amides is 1. The Morgan fingerprint density at radius 3 is 2.62 bits per heavy atom. The van der Waals surface area contributed by atoms with Crippen molar-refractivity contribution in [1.29, 1.82) is 0 Å². The maximum Gasteiger partial charge on any atom is 0.246 e. The number of anilines is 1. The van der Waals surface area contributed by atoms with Crippen molar-refractivity contribution in [2.24, 2.45) is 0 Å². The molecule has 2 fully saturated rings. The van der Waals surface area contributed by atoms with Crippen molar-refractivity contribution in [3.05, 3.63) is 16.5 Å². The summed E-state index contributed by atoms with van der Waals surface area (Å²) in [4.78, 5) is 23.9. The van der Waals surface area contributed by atoms with Crippen molar-refractivity contribution in [1.82, 2.24) is 15.3 Å². The third-order valence-electron chi connectivity index (χ3n) is 5.93. The fraction of sp³-hybridized carbons (Fsp3) is 0.722. The lowest BCUT2D eigenvalue weighted by molar-refractivity contribution is -0.124. The standard InChI is InChI=1S/C18H25ClN4O/c1-23(15-13-8-5-9-14(13)21-17(19)22-15)18(10-11-18)16(24)20-12-6-3-2-4-7-12/h12H,2-11H2,1H3,(H,20,24). The second-order valence-electron chi connectivity index (χ2n) is 7.49. The van der Waals surface area contributed by atoms with E-state index < -0.39 is 5.54 Å². The Morgan fingerprint density at radius 1 is 1.17 bits per heavy atom. The molecule has 1 aromatic rings. The average molecular weight is 349 g/mol. The molecule has 4 rings (SSSR count). The molecule has 0 bridgehead atoms. The van der Waals surface area contributed by atoms with E-state index in [1.165, 1.54) is 24.8 Å². The van der Waals surface area contributed by atoms with Gasteiger partial charge in [0.15, 0.2) is 0 Å². The largest absolute Gasteiger partial charge is 0.351 e. The van der Waals surface area contributed by atoms with Gasteiger partial charge in [-0.05, 0) is 56.5 Å². The molecule has 0 radical (unpaired) electrons. The van der Waals surface area contributed by atoms with Crippen molar-refractivity contribution < 1.29 is 4.79 Å². The summed E-state index contributed by atoms with van der Waals surface area (Å²) in [6.45, 7) is 0. The zero-order valence-corrected chi connectivity index (χ0v) is 15.0. The van der Waals surface area contributed by atoms with E-state index in [9.17, 15) is 4.79 Å². The fourth-order valence-electron chi connectivity index (χ4n) is 4.26. The second kappa shape index (κ2) is 6.17. The molecule has 0 atom stereocenters. The third kappa shape index (κ3) is 2.77. The molecule has 1 aromatic heterocycles. The first-order chi connectivity index (χ1) is 11.6. The molecule has 0 aliphatic heterocycles. The van der Waals surface area contributed by atoms with Crippen LogP contribution in [0.1, 0.15) is 62.6 Å². The van der Waals surface area contributed by atoms with Gasteiger partial charge in [0, 0.05) is 18.7 Å². The first-order valence-corrected chi connectivity index (χ1v) is 9.58. The predicted molar refractivity (Wildman–Crippen MR) is 94.5 cm³/mol. The number of likely N-dealkylation sites (N-methyl/N-ethyl adjacent to an activating group) is 1. The minimum absolute atomic E-state index is 0.165. The van der Waals surface area contributed by atoms with Gasteiger partial charge in [0.1, 0.15) is 11.4 Å². The van der Waals surface area contributed by atoms with Crippen LogP contribution in [-0.4, -0.2) is 34.5 Å². The number of aromatic nitrogens is 2. The van der Waals surface area contributed by atoms with Gasteiger partial charge >= 0.3 is 0 Å². The summed E-state index contributed by atoms with van der Waals surface area (Å²) in [5.41, 5.74) is 1.80. The number of nitrogens with one attached hydrogen (secondary N) is 1. The monoisotopic (exact) mass is 348 g/mol. The van der Waals surface area contributed by atoms with E-state index in [2.05, 4.69) is 20.2 Å². The zero-order valence-electron chi connectivity index (χ0n) is 14.3. The lowest BCUT2D eigenvalue weighted by Gasteiger charge is -2.32. The van der Waals surface area contributed by atoms with Crippen LogP contribution in [0.4, 0.5) is 5.82 Å². The molecule has 6 heteroatoms. The molecule has 3 aliphatic carbocycles. The van der Waals surface area contributed by atoms with Crippen molar-refractivity contribution >= 4 is 23.3 Å². The SMILES string of the molecule is CN(c1nc(Cl)nc2c1CCC2)C1(C(=O)NC2CCCCC2)CC1. The molecule has 0 saturated heterocycles. The number of aryl methyl sites for hydroxylation is 1. The highest BCUT2D eigenvalue weighted by atomic mass is 35.5. The number of carbonyl (C=O) groups excluding carboxylic acids is 1. The summed E-state index contributed by atoms with van der Waals surface area (Å²) >= 11 is 6.13. The highest BCUT2D eigenvalue weighted by Gasteiger charge is 2.54. The maximum atomic E-state index is 13.0. The van der Waals surface area contributed by atoms with E-state index in [1.807, 2.05) is 7.05 Å². The van der Waals surface area contributed by atoms with E-state index in [0.29, 0.717) is 11.3 Å². The van der Waals surface area contributed by atoms with E-state index in [0.717, 1.165) is 56.5 Å². The normalized spacial score (nSPS) is 22.1. The van der Waals surface area contributed by atoms with E-state index in [1.54, 1.807) is 0 Å². The van der Waals surface area contributed by atoms with Gasteiger partial charge in [-0.25, -0.2) is 9.97 Å². The molecule has 1 heterocycles. The minimum Gasteiger partial charge on any atom is -0.351 e. The van der Waals surface area contributed by atoms with Gasteiger partial charge in [-0.2, -0.15) is 0 Å². The zero-order chi connectivity index (χ0) is 16.7. The fourth-order valence-corrected chi connectivity index (χ4v) is 4.45. The lowest BCUT2D eigenvalue weighted by Crippen LogP contribution is -2.51. The highest BCUT2D eigenvalue weighted by Crippen LogP contribution is 2.45. The van der Waals surface area contributed by atoms with Crippen molar-refractivity contribution in [2.75, 3.05) is 11.9 Å². The molecule has 1 N–H and O–H groups in total. The van der Waals surface area contributed by atoms with Gasteiger partial charge in [-0.15, -0.1) is 0 Å². The van der Waals surface area contributed by atoms with Crippen LogP contribution in [-0.2, 0) is 17.6 Å². The molecule has 24 heavy (non-hydrogen) atoms. The van der Waals surface area contributed by atoms with Crippen LogP contribution in [0.5, 0.6) is 0 Å². The van der Waals surface area contributed by atoms with Crippen molar-refractivity contribution in [2.45, 2.75) is 75.8 Å². The highest BCUT2D eigenvalue weighted by molar-refractivity contribution is 6.28. The number of nitrogens with zero attached hydrogens (tertiary/aromatic N) is 3. The smallest absolute Gasteiger partial charge is 0.246 e. The predicted octanol–water partition coefficient (Wildman–Crippen LogP) is 3.04. The van der Waals surface area contributed by atoms with Crippen LogP contribution < -0.4 is 10.2 Å². The van der Waals surface area contributed by atoms with Gasteiger partial charge in [0.25, 0.3) is 0 Å². The van der Waals surface area contributed by atoms with Gasteiger partial charge in [-0.3, -0.25) is 4.79 Å². The summed E-state index contributed by atoms with van der Waals surface area (Å²) in [6.07, 6.45) is 10.8. The van der Waals surface area contributed by atoms with Crippen LogP contribution in [0.2, 0.25) is 5.28 Å². The summed E-state index contributed by atoms with van der Waals surface area (Å²) < 4.78 is 0. The minimum atomic E-state index is -0.439. The molecule has 1 amide bonds.